The van der Waals surface area contributed by atoms with Crippen LogP contribution in [-0.2, 0) is 19.1 Å². The van der Waals surface area contributed by atoms with Crippen LogP contribution in [0, 0.1) is 0 Å². The molecule has 1 heterocycles. The summed E-state index contributed by atoms with van der Waals surface area (Å²) < 4.78 is 10.6. The third-order valence-electron chi connectivity index (χ3n) is 3.00. The van der Waals surface area contributed by atoms with E-state index in [1.165, 1.54) is 18.3 Å². The third-order valence-corrected chi connectivity index (χ3v) is 4.70. The van der Waals surface area contributed by atoms with Crippen LogP contribution in [0.4, 0.5) is 5.69 Å². The summed E-state index contributed by atoms with van der Waals surface area (Å²) in [6.07, 6.45) is 0. The number of halogens is 1. The number of ether oxygens (including phenoxy) is 2. The van der Waals surface area contributed by atoms with Crippen LogP contribution >= 0.6 is 27.3 Å². The molecule has 2 rings (SSSR count). The maximum atomic E-state index is 12.2. The number of carbonyl (C=O) groups is 3. The summed E-state index contributed by atoms with van der Waals surface area (Å²) >= 11 is 4.59. The van der Waals surface area contributed by atoms with E-state index >= 15 is 0 Å². The van der Waals surface area contributed by atoms with Crippen LogP contribution in [0.25, 0.3) is 10.4 Å². The van der Waals surface area contributed by atoms with Crippen LogP contribution in [0.15, 0.2) is 34.8 Å². The zero-order chi connectivity index (χ0) is 18.4. The van der Waals surface area contributed by atoms with E-state index in [2.05, 4.69) is 26.0 Å². The summed E-state index contributed by atoms with van der Waals surface area (Å²) in [4.78, 5) is 35.9. The molecule has 0 aliphatic carbocycles. The lowest BCUT2D eigenvalue weighted by atomic mass is 10.2. The Balaban J connectivity index is 2.29. The number of carbonyl (C=O) groups excluding carboxylic acids is 3. The second-order valence-corrected chi connectivity index (χ2v) is 6.88. The molecule has 0 saturated carbocycles. The van der Waals surface area contributed by atoms with Crippen LogP contribution < -0.4 is 5.32 Å². The fourth-order valence-electron chi connectivity index (χ4n) is 1.94. The molecule has 0 atom stereocenters. The molecule has 0 radical (unpaired) electrons. The maximum Gasteiger partial charge on any atom is 0.350 e. The average molecular weight is 426 g/mol. The summed E-state index contributed by atoms with van der Waals surface area (Å²) in [5.41, 5.74) is 1.23. The van der Waals surface area contributed by atoms with Gasteiger partial charge in [-0.15, -0.1) is 11.3 Å². The van der Waals surface area contributed by atoms with Crippen molar-refractivity contribution in [1.29, 1.82) is 0 Å². The second-order valence-electron chi connectivity index (χ2n) is 4.91. The van der Waals surface area contributed by atoms with Gasteiger partial charge in [-0.3, -0.25) is 9.59 Å². The van der Waals surface area contributed by atoms with Gasteiger partial charge in [-0.2, -0.15) is 0 Å². The SMILES string of the molecule is CCOC(=O)c1sc(-c2ccc(Br)cc2)cc1NC(=O)COC(C)=O. The molecule has 0 aliphatic heterocycles. The van der Waals surface area contributed by atoms with Gasteiger partial charge in [-0.1, -0.05) is 28.1 Å². The van der Waals surface area contributed by atoms with Crippen molar-refractivity contribution < 1.29 is 23.9 Å². The number of rotatable bonds is 6. The van der Waals surface area contributed by atoms with Crippen molar-refractivity contribution in [2.24, 2.45) is 0 Å². The smallest absolute Gasteiger partial charge is 0.350 e. The van der Waals surface area contributed by atoms with E-state index in [0.29, 0.717) is 5.69 Å². The Kier molecular flexibility index (Phi) is 6.72. The summed E-state index contributed by atoms with van der Waals surface area (Å²) in [6, 6.07) is 9.27. The molecule has 1 aromatic heterocycles. The average Bonchev–Trinajstić information content (AvgIpc) is 2.97. The molecule has 0 unspecified atom stereocenters. The van der Waals surface area contributed by atoms with Gasteiger partial charge < -0.3 is 14.8 Å². The zero-order valence-corrected chi connectivity index (χ0v) is 16.0. The molecule has 1 N–H and O–H groups in total. The van der Waals surface area contributed by atoms with Crippen molar-refractivity contribution in [1.82, 2.24) is 0 Å². The third kappa shape index (κ3) is 5.40. The summed E-state index contributed by atoms with van der Waals surface area (Å²) in [5.74, 6) is -1.60. The van der Waals surface area contributed by atoms with Crippen molar-refractivity contribution in [2.45, 2.75) is 13.8 Å². The lowest BCUT2D eigenvalue weighted by molar-refractivity contribution is -0.144. The minimum absolute atomic E-state index is 0.227. The van der Waals surface area contributed by atoms with Gasteiger partial charge >= 0.3 is 11.9 Å². The van der Waals surface area contributed by atoms with E-state index in [0.717, 1.165) is 14.9 Å². The molecule has 1 amide bonds. The van der Waals surface area contributed by atoms with Crippen LogP contribution in [0.2, 0.25) is 0 Å². The number of benzene rings is 1. The van der Waals surface area contributed by atoms with Gasteiger partial charge in [0.2, 0.25) is 0 Å². The number of thiophene rings is 1. The molecular formula is C17H16BrNO5S. The lowest BCUT2D eigenvalue weighted by Crippen LogP contribution is -2.20. The molecule has 0 fully saturated rings. The topological polar surface area (TPSA) is 81.7 Å². The minimum atomic E-state index is -0.554. The van der Waals surface area contributed by atoms with E-state index in [9.17, 15) is 14.4 Å². The quantitative estimate of drug-likeness (QED) is 0.710. The lowest BCUT2D eigenvalue weighted by Gasteiger charge is -2.06. The monoisotopic (exact) mass is 425 g/mol. The number of hydrogen-bond acceptors (Lipinski definition) is 6. The normalized spacial score (nSPS) is 10.2. The van der Waals surface area contributed by atoms with E-state index in [4.69, 9.17) is 4.74 Å². The minimum Gasteiger partial charge on any atom is -0.462 e. The van der Waals surface area contributed by atoms with E-state index in [1.54, 1.807) is 13.0 Å². The van der Waals surface area contributed by atoms with Gasteiger partial charge in [0.05, 0.1) is 12.3 Å². The van der Waals surface area contributed by atoms with Gasteiger partial charge in [0.15, 0.2) is 6.61 Å². The Morgan fingerprint density at radius 2 is 1.84 bits per heavy atom. The van der Waals surface area contributed by atoms with Gasteiger partial charge in [-0.25, -0.2) is 4.79 Å². The molecule has 132 valence electrons. The number of amides is 1. The van der Waals surface area contributed by atoms with Gasteiger partial charge in [0.25, 0.3) is 5.91 Å². The van der Waals surface area contributed by atoms with E-state index in [-0.39, 0.29) is 11.5 Å². The molecule has 0 bridgehead atoms. The van der Waals surface area contributed by atoms with Gasteiger partial charge in [0, 0.05) is 16.3 Å². The first-order valence-electron chi connectivity index (χ1n) is 7.40. The summed E-state index contributed by atoms with van der Waals surface area (Å²) in [7, 11) is 0. The predicted octanol–water partition coefficient (Wildman–Crippen LogP) is 3.86. The number of hydrogen-bond donors (Lipinski definition) is 1. The largest absolute Gasteiger partial charge is 0.462 e. The zero-order valence-electron chi connectivity index (χ0n) is 13.6. The van der Waals surface area contributed by atoms with Crippen LogP contribution in [0.1, 0.15) is 23.5 Å². The summed E-state index contributed by atoms with van der Waals surface area (Å²) in [5, 5.41) is 2.59. The Hall–Kier alpha value is -2.19. The van der Waals surface area contributed by atoms with Crippen molar-refractivity contribution in [3.05, 3.63) is 39.7 Å². The first-order chi connectivity index (χ1) is 11.9. The van der Waals surface area contributed by atoms with Gasteiger partial charge in [-0.05, 0) is 30.7 Å². The Morgan fingerprint density at radius 1 is 1.16 bits per heavy atom. The highest BCUT2D eigenvalue weighted by Crippen LogP contribution is 2.35. The van der Waals surface area contributed by atoms with E-state index < -0.39 is 24.5 Å². The number of anilines is 1. The van der Waals surface area contributed by atoms with Crippen molar-refractivity contribution in [3.63, 3.8) is 0 Å². The van der Waals surface area contributed by atoms with Crippen molar-refractivity contribution in [3.8, 4) is 10.4 Å². The predicted molar refractivity (Wildman–Crippen MR) is 98.7 cm³/mol. The molecular weight excluding hydrogens is 410 g/mol. The molecule has 2 aromatic rings. The van der Waals surface area contributed by atoms with Gasteiger partial charge in [0.1, 0.15) is 4.88 Å². The highest BCUT2D eigenvalue weighted by atomic mass is 79.9. The Bertz CT molecular complexity index is 785. The number of nitrogens with one attached hydrogen (secondary N) is 1. The first kappa shape index (κ1) is 19.1. The molecule has 0 spiro atoms. The standard InChI is InChI=1S/C17H16BrNO5S/c1-3-23-17(22)16-13(19-15(21)9-24-10(2)20)8-14(25-16)11-4-6-12(18)7-5-11/h4-8H,3,9H2,1-2H3,(H,19,21). The van der Waals surface area contributed by atoms with Crippen LogP contribution in [-0.4, -0.2) is 31.1 Å². The van der Waals surface area contributed by atoms with E-state index in [1.807, 2.05) is 24.3 Å². The molecule has 0 saturated heterocycles. The fraction of sp³-hybridized carbons (Fsp3) is 0.235. The number of esters is 2. The molecule has 0 aliphatic rings. The first-order valence-corrected chi connectivity index (χ1v) is 9.01. The highest BCUT2D eigenvalue weighted by molar-refractivity contribution is 9.10. The fourth-order valence-corrected chi connectivity index (χ4v) is 3.22. The molecule has 25 heavy (non-hydrogen) atoms. The highest BCUT2D eigenvalue weighted by Gasteiger charge is 2.20. The molecule has 1 aromatic carbocycles. The van der Waals surface area contributed by atoms with Crippen molar-refractivity contribution in [2.75, 3.05) is 18.5 Å². The van der Waals surface area contributed by atoms with Crippen molar-refractivity contribution >= 4 is 50.8 Å². The Morgan fingerprint density at radius 3 is 2.44 bits per heavy atom. The summed E-state index contributed by atoms with van der Waals surface area (Å²) in [6.45, 7) is 2.74. The second kappa shape index (κ2) is 8.77. The Labute approximate surface area is 157 Å². The maximum absolute atomic E-state index is 12.2. The molecule has 8 heteroatoms. The molecule has 6 nitrogen and oxygen atoms in total. The van der Waals surface area contributed by atoms with Crippen LogP contribution in [0.3, 0.4) is 0 Å². The van der Waals surface area contributed by atoms with Crippen LogP contribution in [0.5, 0.6) is 0 Å².